The molecule has 5 nitrogen and oxygen atoms in total. The van der Waals surface area contributed by atoms with Crippen molar-refractivity contribution < 1.29 is 15.0 Å². The van der Waals surface area contributed by atoms with E-state index < -0.39 is 22.8 Å². The van der Waals surface area contributed by atoms with Gasteiger partial charge in [-0.1, -0.05) is 19.1 Å². The molecule has 94 valence electrons. The third-order valence-electron chi connectivity index (χ3n) is 2.81. The van der Waals surface area contributed by atoms with E-state index in [0.717, 1.165) is 0 Å². The van der Waals surface area contributed by atoms with E-state index in [2.05, 4.69) is 0 Å². The lowest BCUT2D eigenvalue weighted by Gasteiger charge is -2.12. The van der Waals surface area contributed by atoms with Crippen LogP contribution in [0.5, 0.6) is 5.75 Å². The number of hydrogen-bond donors (Lipinski definition) is 2. The number of carboxylic acids is 1. The van der Waals surface area contributed by atoms with E-state index in [-0.39, 0.29) is 0 Å². The fourth-order valence-electron chi connectivity index (χ4n) is 2.03. The van der Waals surface area contributed by atoms with Crippen molar-refractivity contribution in [2.75, 3.05) is 0 Å². The van der Waals surface area contributed by atoms with Crippen molar-refractivity contribution in [1.82, 2.24) is 4.57 Å². The van der Waals surface area contributed by atoms with Gasteiger partial charge in [0.25, 0.3) is 5.56 Å². The molecule has 0 bridgehead atoms. The molecule has 0 radical (unpaired) electrons. The average molecular weight is 247 g/mol. The van der Waals surface area contributed by atoms with Crippen LogP contribution in [0, 0.1) is 0 Å². The van der Waals surface area contributed by atoms with Gasteiger partial charge in [0.2, 0.25) is 0 Å². The van der Waals surface area contributed by atoms with E-state index in [4.69, 9.17) is 5.11 Å². The lowest BCUT2D eigenvalue weighted by atomic mass is 10.1. The summed E-state index contributed by atoms with van der Waals surface area (Å²) in [6, 6.07) is 6.72. The number of carboxylic acid groups (broad SMARTS) is 1. The van der Waals surface area contributed by atoms with E-state index in [0.29, 0.717) is 23.9 Å². The summed E-state index contributed by atoms with van der Waals surface area (Å²) in [6.07, 6.45) is 0.702. The van der Waals surface area contributed by atoms with Crippen molar-refractivity contribution in [1.29, 1.82) is 0 Å². The normalized spacial score (nSPS) is 10.7. The van der Waals surface area contributed by atoms with Crippen molar-refractivity contribution >= 4 is 16.9 Å². The third-order valence-corrected chi connectivity index (χ3v) is 2.81. The smallest absolute Gasteiger partial charge is 0.345 e. The summed E-state index contributed by atoms with van der Waals surface area (Å²) >= 11 is 0. The Kier molecular flexibility index (Phi) is 3.06. The van der Waals surface area contributed by atoms with Gasteiger partial charge in [0, 0.05) is 11.9 Å². The maximum atomic E-state index is 12.1. The number of aromatic hydroxyl groups is 1. The van der Waals surface area contributed by atoms with Crippen molar-refractivity contribution in [3.05, 3.63) is 40.2 Å². The van der Waals surface area contributed by atoms with E-state index in [1.807, 2.05) is 6.92 Å². The number of aromatic carboxylic acids is 1. The molecular formula is C13H13NO4. The van der Waals surface area contributed by atoms with Gasteiger partial charge < -0.3 is 14.8 Å². The van der Waals surface area contributed by atoms with Crippen LogP contribution in [0.1, 0.15) is 23.7 Å². The van der Waals surface area contributed by atoms with Gasteiger partial charge in [0.15, 0.2) is 5.56 Å². The van der Waals surface area contributed by atoms with E-state index in [9.17, 15) is 14.7 Å². The van der Waals surface area contributed by atoms with Crippen molar-refractivity contribution in [2.45, 2.75) is 19.9 Å². The van der Waals surface area contributed by atoms with Gasteiger partial charge in [0.1, 0.15) is 5.75 Å². The summed E-state index contributed by atoms with van der Waals surface area (Å²) in [6.45, 7) is 2.31. The summed E-state index contributed by atoms with van der Waals surface area (Å²) < 4.78 is 1.39. The van der Waals surface area contributed by atoms with Crippen LogP contribution in [0.2, 0.25) is 0 Å². The molecule has 0 atom stereocenters. The fourth-order valence-corrected chi connectivity index (χ4v) is 2.03. The van der Waals surface area contributed by atoms with Crippen LogP contribution >= 0.6 is 0 Å². The number of nitrogens with zero attached hydrogens (tertiary/aromatic N) is 1. The summed E-state index contributed by atoms with van der Waals surface area (Å²) in [5.74, 6) is -1.87. The minimum absolute atomic E-state index is 0.378. The monoisotopic (exact) mass is 247 g/mol. The first kappa shape index (κ1) is 12.2. The van der Waals surface area contributed by atoms with Crippen LogP contribution in [-0.2, 0) is 6.54 Å². The highest BCUT2D eigenvalue weighted by atomic mass is 16.4. The number of benzene rings is 1. The van der Waals surface area contributed by atoms with Crippen LogP contribution < -0.4 is 5.56 Å². The number of aromatic nitrogens is 1. The Morgan fingerprint density at radius 1 is 1.33 bits per heavy atom. The Hall–Kier alpha value is -2.30. The fraction of sp³-hybridized carbons (Fsp3) is 0.231. The molecule has 2 aromatic rings. The molecule has 1 aromatic carbocycles. The number of para-hydroxylation sites is 1. The molecule has 1 heterocycles. The van der Waals surface area contributed by atoms with Crippen molar-refractivity contribution in [3.63, 3.8) is 0 Å². The SMILES string of the molecule is CCCn1c(=O)c(C(=O)O)c(O)c2ccccc21. The van der Waals surface area contributed by atoms with Crippen molar-refractivity contribution in [3.8, 4) is 5.75 Å². The summed E-state index contributed by atoms with van der Waals surface area (Å²) in [4.78, 5) is 23.1. The summed E-state index contributed by atoms with van der Waals surface area (Å²) in [5.41, 5.74) is -0.686. The Bertz CT molecular complexity index is 672. The van der Waals surface area contributed by atoms with Gasteiger partial charge in [-0.25, -0.2) is 4.79 Å². The molecule has 2 rings (SSSR count). The molecule has 0 aliphatic carbocycles. The van der Waals surface area contributed by atoms with E-state index >= 15 is 0 Å². The highest BCUT2D eigenvalue weighted by molar-refractivity contribution is 5.98. The molecule has 1 aromatic heterocycles. The molecule has 0 amide bonds. The summed E-state index contributed by atoms with van der Waals surface area (Å²) in [7, 11) is 0. The second-order valence-electron chi connectivity index (χ2n) is 4.00. The highest BCUT2D eigenvalue weighted by Crippen LogP contribution is 2.26. The first-order valence-corrected chi connectivity index (χ1v) is 5.65. The topological polar surface area (TPSA) is 79.5 Å². The molecule has 2 N–H and O–H groups in total. The van der Waals surface area contributed by atoms with Gasteiger partial charge in [-0.3, -0.25) is 4.79 Å². The van der Waals surface area contributed by atoms with E-state index in [1.54, 1.807) is 24.3 Å². The molecule has 18 heavy (non-hydrogen) atoms. The molecule has 0 saturated carbocycles. The van der Waals surface area contributed by atoms with E-state index in [1.165, 1.54) is 4.57 Å². The predicted molar refractivity (Wildman–Crippen MR) is 67.1 cm³/mol. The lowest BCUT2D eigenvalue weighted by Crippen LogP contribution is -2.26. The van der Waals surface area contributed by atoms with Crippen LogP contribution in [0.15, 0.2) is 29.1 Å². The van der Waals surface area contributed by atoms with Crippen LogP contribution in [0.3, 0.4) is 0 Å². The molecule has 5 heteroatoms. The Balaban J connectivity index is 2.96. The van der Waals surface area contributed by atoms with Gasteiger partial charge in [-0.2, -0.15) is 0 Å². The van der Waals surface area contributed by atoms with Crippen molar-refractivity contribution in [2.24, 2.45) is 0 Å². The molecule has 0 saturated heterocycles. The third kappa shape index (κ3) is 1.73. The second kappa shape index (κ2) is 4.52. The maximum Gasteiger partial charge on any atom is 0.345 e. The first-order chi connectivity index (χ1) is 8.57. The Labute approximate surface area is 103 Å². The molecule has 0 aliphatic rings. The largest absolute Gasteiger partial charge is 0.506 e. The number of rotatable bonds is 3. The number of hydrogen-bond acceptors (Lipinski definition) is 3. The molecular weight excluding hydrogens is 234 g/mol. The summed E-state index contributed by atoms with van der Waals surface area (Å²) in [5, 5.41) is 19.3. The zero-order chi connectivity index (χ0) is 13.3. The second-order valence-corrected chi connectivity index (χ2v) is 4.00. The number of fused-ring (bicyclic) bond motifs is 1. The van der Waals surface area contributed by atoms with Gasteiger partial charge in [-0.05, 0) is 18.6 Å². The first-order valence-electron chi connectivity index (χ1n) is 5.65. The lowest BCUT2D eigenvalue weighted by molar-refractivity contribution is 0.0691. The number of carbonyl (C=O) groups is 1. The molecule has 0 unspecified atom stereocenters. The standard InChI is InChI=1S/C13H13NO4/c1-2-7-14-9-6-4-3-5-8(9)11(15)10(12(14)16)13(17)18/h3-6,15H,2,7H2,1H3,(H,17,18). The highest BCUT2D eigenvalue weighted by Gasteiger charge is 2.20. The molecule has 0 spiro atoms. The molecule has 0 aliphatic heterocycles. The van der Waals surface area contributed by atoms with Crippen LogP contribution in [0.4, 0.5) is 0 Å². The predicted octanol–water partition coefficient (Wildman–Crippen LogP) is 1.82. The van der Waals surface area contributed by atoms with Gasteiger partial charge in [0.05, 0.1) is 5.52 Å². The average Bonchev–Trinajstić information content (AvgIpc) is 2.34. The number of aryl methyl sites for hydroxylation is 1. The van der Waals surface area contributed by atoms with Crippen LogP contribution in [0.25, 0.3) is 10.9 Å². The zero-order valence-electron chi connectivity index (χ0n) is 9.88. The van der Waals surface area contributed by atoms with Crippen LogP contribution in [-0.4, -0.2) is 20.7 Å². The maximum absolute atomic E-state index is 12.1. The van der Waals surface area contributed by atoms with Gasteiger partial charge >= 0.3 is 5.97 Å². The minimum atomic E-state index is -1.41. The minimum Gasteiger partial charge on any atom is -0.506 e. The number of pyridine rings is 1. The molecule has 0 fully saturated rings. The Morgan fingerprint density at radius 3 is 2.61 bits per heavy atom. The van der Waals surface area contributed by atoms with Gasteiger partial charge in [-0.15, -0.1) is 0 Å². The zero-order valence-corrected chi connectivity index (χ0v) is 9.88. The Morgan fingerprint density at radius 2 is 2.00 bits per heavy atom. The quantitative estimate of drug-likeness (QED) is 0.867.